The second-order valence-electron chi connectivity index (χ2n) is 5.00. The maximum Gasteiger partial charge on any atom is 0.282 e. The van der Waals surface area contributed by atoms with Crippen LogP contribution in [-0.2, 0) is 17.8 Å². The van der Waals surface area contributed by atoms with Crippen molar-refractivity contribution < 1.29 is 4.21 Å². The van der Waals surface area contributed by atoms with E-state index in [1.54, 1.807) is 13.2 Å². The van der Waals surface area contributed by atoms with E-state index < -0.39 is 10.8 Å². The van der Waals surface area contributed by atoms with Gasteiger partial charge in [-0.2, -0.15) is 5.10 Å². The molecule has 2 heterocycles. The Morgan fingerprint density at radius 2 is 2.17 bits per heavy atom. The van der Waals surface area contributed by atoms with Gasteiger partial charge in [0.2, 0.25) is 0 Å². The van der Waals surface area contributed by atoms with Crippen LogP contribution in [0.4, 0.5) is 5.69 Å². The lowest BCUT2D eigenvalue weighted by atomic mass is 10.2. The molecule has 100 valence electrons. The standard InChI is InChI=1S/C11H16BrN3O2S/c1-11(2)7-15(4-5-18(11)17)8-6-13-14(3)10(16)9(8)12/h6H,4-5,7H2,1-3H3/t18-/m1/s1. The van der Waals surface area contributed by atoms with Gasteiger partial charge in [0.1, 0.15) is 4.47 Å². The summed E-state index contributed by atoms with van der Waals surface area (Å²) in [6.07, 6.45) is 1.68. The van der Waals surface area contributed by atoms with Crippen molar-refractivity contribution in [2.24, 2.45) is 7.05 Å². The molecule has 1 fully saturated rings. The normalized spacial score (nSPS) is 23.1. The van der Waals surface area contributed by atoms with E-state index in [0.29, 0.717) is 23.3 Å². The Hall–Kier alpha value is -0.690. The molecule has 0 radical (unpaired) electrons. The summed E-state index contributed by atoms with van der Waals surface area (Å²) in [6.45, 7) is 5.31. The highest BCUT2D eigenvalue weighted by Gasteiger charge is 2.34. The van der Waals surface area contributed by atoms with Crippen LogP contribution in [-0.4, -0.2) is 37.6 Å². The molecule has 1 aromatic rings. The molecule has 7 heteroatoms. The molecule has 0 amide bonds. The highest BCUT2D eigenvalue weighted by molar-refractivity contribution is 9.10. The minimum Gasteiger partial charge on any atom is -0.367 e. The number of rotatable bonds is 1. The third-order valence-electron chi connectivity index (χ3n) is 3.14. The Labute approximate surface area is 117 Å². The molecule has 1 aliphatic heterocycles. The third-order valence-corrected chi connectivity index (χ3v) is 5.80. The van der Waals surface area contributed by atoms with Gasteiger partial charge in [-0.1, -0.05) is 0 Å². The van der Waals surface area contributed by atoms with Crippen LogP contribution in [0.3, 0.4) is 0 Å². The zero-order valence-corrected chi connectivity index (χ0v) is 13.0. The summed E-state index contributed by atoms with van der Waals surface area (Å²) in [7, 11) is 0.795. The summed E-state index contributed by atoms with van der Waals surface area (Å²) in [4.78, 5) is 13.9. The van der Waals surface area contributed by atoms with Gasteiger partial charge >= 0.3 is 0 Å². The Bertz CT molecular complexity index is 556. The molecule has 1 atom stereocenters. The van der Waals surface area contributed by atoms with Crippen molar-refractivity contribution in [2.75, 3.05) is 23.7 Å². The number of hydrogen-bond donors (Lipinski definition) is 0. The van der Waals surface area contributed by atoms with Gasteiger partial charge in [-0.15, -0.1) is 0 Å². The molecule has 1 aliphatic rings. The fraction of sp³-hybridized carbons (Fsp3) is 0.636. The van der Waals surface area contributed by atoms with Crippen LogP contribution < -0.4 is 10.5 Å². The van der Waals surface area contributed by atoms with Gasteiger partial charge in [-0.3, -0.25) is 9.00 Å². The first kappa shape index (κ1) is 13.7. The van der Waals surface area contributed by atoms with E-state index in [1.807, 2.05) is 13.8 Å². The molecule has 0 unspecified atom stereocenters. The van der Waals surface area contributed by atoms with Crippen LogP contribution in [0.2, 0.25) is 0 Å². The molecule has 18 heavy (non-hydrogen) atoms. The fourth-order valence-corrected chi connectivity index (χ4v) is 3.86. The third kappa shape index (κ3) is 2.38. The molecule has 1 aromatic heterocycles. The van der Waals surface area contributed by atoms with Crippen LogP contribution in [0.25, 0.3) is 0 Å². The summed E-state index contributed by atoms with van der Waals surface area (Å²) in [6, 6.07) is 0. The van der Waals surface area contributed by atoms with Gasteiger partial charge in [0, 0.05) is 36.7 Å². The molecule has 0 bridgehead atoms. The summed E-state index contributed by atoms with van der Waals surface area (Å²) >= 11 is 3.33. The quantitative estimate of drug-likeness (QED) is 0.765. The van der Waals surface area contributed by atoms with Crippen molar-refractivity contribution in [3.05, 3.63) is 21.0 Å². The summed E-state index contributed by atoms with van der Waals surface area (Å²) in [5.41, 5.74) is 0.625. The molecule has 1 saturated heterocycles. The Balaban J connectivity index is 2.37. The summed E-state index contributed by atoms with van der Waals surface area (Å²) < 4.78 is 13.4. The van der Waals surface area contributed by atoms with Crippen molar-refractivity contribution >= 4 is 32.4 Å². The molecular formula is C11H16BrN3O2S. The molecule has 2 rings (SSSR count). The number of aryl methyl sites for hydroxylation is 1. The monoisotopic (exact) mass is 333 g/mol. The highest BCUT2D eigenvalue weighted by Crippen LogP contribution is 2.28. The van der Waals surface area contributed by atoms with Crippen LogP contribution in [0.5, 0.6) is 0 Å². The van der Waals surface area contributed by atoms with E-state index in [9.17, 15) is 9.00 Å². The van der Waals surface area contributed by atoms with Crippen molar-refractivity contribution in [3.63, 3.8) is 0 Å². The molecule has 0 aliphatic carbocycles. The molecule has 0 spiro atoms. The minimum atomic E-state index is -0.822. The van der Waals surface area contributed by atoms with E-state index in [-0.39, 0.29) is 10.3 Å². The van der Waals surface area contributed by atoms with Gasteiger partial charge in [0.25, 0.3) is 5.56 Å². The Morgan fingerprint density at radius 3 is 2.78 bits per heavy atom. The van der Waals surface area contributed by atoms with E-state index in [2.05, 4.69) is 25.9 Å². The van der Waals surface area contributed by atoms with E-state index in [4.69, 9.17) is 0 Å². The smallest absolute Gasteiger partial charge is 0.282 e. The zero-order chi connectivity index (χ0) is 13.5. The van der Waals surface area contributed by atoms with Gasteiger partial charge in [0.15, 0.2) is 0 Å². The molecule has 0 N–H and O–H groups in total. The van der Waals surface area contributed by atoms with E-state index in [0.717, 1.165) is 5.69 Å². The average molecular weight is 334 g/mol. The number of hydrogen-bond acceptors (Lipinski definition) is 4. The maximum atomic E-state index is 11.9. The first-order valence-corrected chi connectivity index (χ1v) is 7.79. The van der Waals surface area contributed by atoms with E-state index in [1.165, 1.54) is 4.68 Å². The van der Waals surface area contributed by atoms with Crippen molar-refractivity contribution in [2.45, 2.75) is 18.6 Å². The van der Waals surface area contributed by atoms with Gasteiger partial charge in [-0.05, 0) is 29.8 Å². The van der Waals surface area contributed by atoms with Crippen LogP contribution in [0, 0.1) is 0 Å². The van der Waals surface area contributed by atoms with Crippen LogP contribution in [0.1, 0.15) is 13.8 Å². The molecule has 5 nitrogen and oxygen atoms in total. The van der Waals surface area contributed by atoms with Gasteiger partial charge < -0.3 is 4.90 Å². The fourth-order valence-electron chi connectivity index (χ4n) is 2.01. The first-order chi connectivity index (χ1) is 8.33. The predicted octanol–water partition coefficient (Wildman–Crippen LogP) is 0.890. The second kappa shape index (κ2) is 4.77. The largest absolute Gasteiger partial charge is 0.367 e. The van der Waals surface area contributed by atoms with E-state index >= 15 is 0 Å². The lowest BCUT2D eigenvalue weighted by Crippen LogP contribution is -2.50. The summed E-state index contributed by atoms with van der Waals surface area (Å²) in [5.74, 6) is 0.620. The number of nitrogens with zero attached hydrogens (tertiary/aromatic N) is 3. The lowest BCUT2D eigenvalue weighted by Gasteiger charge is -2.38. The first-order valence-electron chi connectivity index (χ1n) is 5.68. The lowest BCUT2D eigenvalue weighted by molar-refractivity contribution is 0.586. The second-order valence-corrected chi connectivity index (χ2v) is 8.00. The van der Waals surface area contributed by atoms with Gasteiger partial charge in [0.05, 0.1) is 16.6 Å². The van der Waals surface area contributed by atoms with Crippen molar-refractivity contribution in [3.8, 4) is 0 Å². The highest BCUT2D eigenvalue weighted by atomic mass is 79.9. The predicted molar refractivity (Wildman–Crippen MR) is 76.5 cm³/mol. The molecule has 0 saturated carbocycles. The molecular weight excluding hydrogens is 318 g/mol. The van der Waals surface area contributed by atoms with Crippen molar-refractivity contribution in [1.29, 1.82) is 0 Å². The number of aromatic nitrogens is 2. The topological polar surface area (TPSA) is 55.2 Å². The minimum absolute atomic E-state index is 0.156. The molecule has 0 aromatic carbocycles. The Kier molecular flexibility index (Phi) is 3.64. The van der Waals surface area contributed by atoms with Crippen LogP contribution >= 0.6 is 15.9 Å². The Morgan fingerprint density at radius 1 is 1.50 bits per heavy atom. The SMILES string of the molecule is Cn1ncc(N2CC[S@@](=O)C(C)(C)C2)c(Br)c1=O. The maximum absolute atomic E-state index is 11.9. The van der Waals surface area contributed by atoms with Crippen molar-refractivity contribution in [1.82, 2.24) is 9.78 Å². The number of halogens is 1. The summed E-state index contributed by atoms with van der Waals surface area (Å²) in [5, 5.41) is 4.04. The number of anilines is 1. The zero-order valence-electron chi connectivity index (χ0n) is 10.6. The average Bonchev–Trinajstić information content (AvgIpc) is 2.30. The van der Waals surface area contributed by atoms with Crippen LogP contribution in [0.15, 0.2) is 15.5 Å². The van der Waals surface area contributed by atoms with Gasteiger partial charge in [-0.25, -0.2) is 4.68 Å².